The van der Waals surface area contributed by atoms with Gasteiger partial charge < -0.3 is 5.32 Å². The summed E-state index contributed by atoms with van der Waals surface area (Å²) in [6, 6.07) is 3.47. The van der Waals surface area contributed by atoms with Gasteiger partial charge in [-0.15, -0.1) is 0 Å². The summed E-state index contributed by atoms with van der Waals surface area (Å²) in [5.41, 5.74) is 0.836. The number of anilines is 1. The molecule has 0 bridgehead atoms. The third kappa shape index (κ3) is 2.80. The molecule has 0 aliphatic carbocycles. The van der Waals surface area contributed by atoms with E-state index in [4.69, 9.17) is 0 Å². The Balaban J connectivity index is 2.13. The van der Waals surface area contributed by atoms with Crippen molar-refractivity contribution in [1.82, 2.24) is 4.98 Å². The SMILES string of the molecule is Cc1cc(F)c(NCc2cncc(F)c2)cc1F. The minimum Gasteiger partial charge on any atom is -0.378 e. The Kier molecular flexibility index (Phi) is 3.50. The molecule has 5 heteroatoms. The fourth-order valence-corrected chi connectivity index (χ4v) is 1.53. The van der Waals surface area contributed by atoms with E-state index in [1.54, 1.807) is 0 Å². The van der Waals surface area contributed by atoms with Gasteiger partial charge in [0.1, 0.15) is 17.5 Å². The van der Waals surface area contributed by atoms with Crippen LogP contribution in [0.2, 0.25) is 0 Å². The van der Waals surface area contributed by atoms with Gasteiger partial charge in [-0.2, -0.15) is 0 Å². The van der Waals surface area contributed by atoms with Crippen LogP contribution < -0.4 is 5.32 Å². The van der Waals surface area contributed by atoms with E-state index in [1.807, 2.05) is 0 Å². The first-order valence-electron chi connectivity index (χ1n) is 5.35. The number of nitrogens with zero attached hydrogens (tertiary/aromatic N) is 1. The maximum absolute atomic E-state index is 13.5. The Bertz CT molecular complexity index is 570. The molecule has 0 spiro atoms. The van der Waals surface area contributed by atoms with E-state index >= 15 is 0 Å². The van der Waals surface area contributed by atoms with Crippen LogP contribution in [0.25, 0.3) is 0 Å². The summed E-state index contributed by atoms with van der Waals surface area (Å²) in [4.78, 5) is 3.67. The molecular weight excluding hydrogens is 241 g/mol. The van der Waals surface area contributed by atoms with Crippen molar-refractivity contribution < 1.29 is 13.2 Å². The Labute approximate surface area is 102 Å². The van der Waals surface area contributed by atoms with Crippen LogP contribution in [0.3, 0.4) is 0 Å². The molecule has 0 amide bonds. The molecule has 0 fully saturated rings. The van der Waals surface area contributed by atoms with E-state index in [0.717, 1.165) is 18.3 Å². The highest BCUT2D eigenvalue weighted by molar-refractivity contribution is 5.47. The van der Waals surface area contributed by atoms with E-state index in [1.165, 1.54) is 19.2 Å². The minimum absolute atomic E-state index is 0.0439. The number of aromatic nitrogens is 1. The van der Waals surface area contributed by atoms with Crippen molar-refractivity contribution in [2.45, 2.75) is 13.5 Å². The molecule has 0 aliphatic heterocycles. The van der Waals surface area contributed by atoms with Crippen molar-refractivity contribution in [3.05, 3.63) is 59.2 Å². The van der Waals surface area contributed by atoms with Gasteiger partial charge in [0.25, 0.3) is 0 Å². The lowest BCUT2D eigenvalue weighted by Crippen LogP contribution is -2.03. The molecule has 2 rings (SSSR count). The first-order valence-corrected chi connectivity index (χ1v) is 5.35. The fraction of sp³-hybridized carbons (Fsp3) is 0.154. The van der Waals surface area contributed by atoms with E-state index in [-0.39, 0.29) is 17.8 Å². The molecular formula is C13H11F3N2. The Hall–Kier alpha value is -2.04. The smallest absolute Gasteiger partial charge is 0.146 e. The minimum atomic E-state index is -0.543. The van der Waals surface area contributed by atoms with E-state index in [9.17, 15) is 13.2 Å². The summed E-state index contributed by atoms with van der Waals surface area (Å²) in [5.74, 6) is -1.50. The normalized spacial score (nSPS) is 10.4. The Morgan fingerprint density at radius 2 is 1.83 bits per heavy atom. The number of hydrogen-bond donors (Lipinski definition) is 1. The van der Waals surface area contributed by atoms with Gasteiger partial charge in [-0.1, -0.05) is 0 Å². The summed E-state index contributed by atoms with van der Waals surface area (Å²) in [7, 11) is 0. The largest absolute Gasteiger partial charge is 0.378 e. The second-order valence-electron chi connectivity index (χ2n) is 3.95. The number of hydrogen-bond acceptors (Lipinski definition) is 2. The topological polar surface area (TPSA) is 24.9 Å². The average Bonchev–Trinajstić information content (AvgIpc) is 2.32. The standard InChI is InChI=1S/C13H11F3N2/c1-8-2-12(16)13(4-11(8)15)18-6-9-3-10(14)7-17-5-9/h2-5,7,18H,6H2,1H3. The molecule has 1 aromatic carbocycles. The third-order valence-electron chi connectivity index (χ3n) is 2.49. The van der Waals surface area contributed by atoms with Crippen LogP contribution in [-0.4, -0.2) is 4.98 Å². The number of halogens is 3. The van der Waals surface area contributed by atoms with Crippen LogP contribution in [0, 0.1) is 24.4 Å². The van der Waals surface area contributed by atoms with Crippen molar-refractivity contribution >= 4 is 5.69 Å². The molecule has 0 saturated heterocycles. The lowest BCUT2D eigenvalue weighted by atomic mass is 10.2. The maximum atomic E-state index is 13.5. The van der Waals surface area contributed by atoms with Crippen LogP contribution in [0.15, 0.2) is 30.6 Å². The molecule has 0 unspecified atom stereocenters. The Morgan fingerprint density at radius 3 is 2.56 bits per heavy atom. The predicted molar refractivity (Wildman–Crippen MR) is 62.6 cm³/mol. The van der Waals surface area contributed by atoms with Crippen LogP contribution >= 0.6 is 0 Å². The van der Waals surface area contributed by atoms with Crippen molar-refractivity contribution in [2.24, 2.45) is 0 Å². The van der Waals surface area contributed by atoms with E-state index in [2.05, 4.69) is 10.3 Å². The quantitative estimate of drug-likeness (QED) is 0.905. The molecule has 1 aromatic heterocycles. The van der Waals surface area contributed by atoms with Gasteiger partial charge in [0.05, 0.1) is 11.9 Å². The predicted octanol–water partition coefficient (Wildman–Crippen LogP) is 3.42. The average molecular weight is 252 g/mol. The molecule has 0 radical (unpaired) electrons. The maximum Gasteiger partial charge on any atom is 0.146 e. The van der Waals surface area contributed by atoms with Crippen LogP contribution in [0.5, 0.6) is 0 Å². The molecule has 1 heterocycles. The summed E-state index contributed by atoms with van der Waals surface area (Å²) in [5, 5.41) is 2.70. The first kappa shape index (κ1) is 12.4. The van der Waals surface area contributed by atoms with Crippen molar-refractivity contribution in [3.63, 3.8) is 0 Å². The lowest BCUT2D eigenvalue weighted by Gasteiger charge is -2.08. The van der Waals surface area contributed by atoms with Crippen molar-refractivity contribution in [2.75, 3.05) is 5.32 Å². The summed E-state index contributed by atoms with van der Waals surface area (Å²) in [6.07, 6.45) is 2.54. The van der Waals surface area contributed by atoms with Crippen LogP contribution in [0.1, 0.15) is 11.1 Å². The van der Waals surface area contributed by atoms with Crippen molar-refractivity contribution in [1.29, 1.82) is 0 Å². The zero-order valence-corrected chi connectivity index (χ0v) is 9.67. The van der Waals surface area contributed by atoms with Gasteiger partial charge in [0.15, 0.2) is 0 Å². The monoisotopic (exact) mass is 252 g/mol. The number of benzene rings is 1. The van der Waals surface area contributed by atoms with Gasteiger partial charge in [-0.25, -0.2) is 13.2 Å². The lowest BCUT2D eigenvalue weighted by molar-refractivity contribution is 0.594. The van der Waals surface area contributed by atoms with E-state index < -0.39 is 17.5 Å². The highest BCUT2D eigenvalue weighted by Gasteiger charge is 2.07. The Morgan fingerprint density at radius 1 is 1.06 bits per heavy atom. The second kappa shape index (κ2) is 5.08. The summed E-state index contributed by atoms with van der Waals surface area (Å²) >= 11 is 0. The van der Waals surface area contributed by atoms with Gasteiger partial charge in [-0.05, 0) is 30.2 Å². The van der Waals surface area contributed by atoms with Crippen LogP contribution in [0.4, 0.5) is 18.9 Å². The first-order chi connectivity index (χ1) is 8.56. The molecule has 2 aromatic rings. The molecule has 1 N–H and O–H groups in total. The molecule has 0 saturated carbocycles. The van der Waals surface area contributed by atoms with Gasteiger partial charge in [0.2, 0.25) is 0 Å². The van der Waals surface area contributed by atoms with Crippen LogP contribution in [-0.2, 0) is 6.54 Å². The summed E-state index contributed by atoms with van der Waals surface area (Å²) in [6.45, 7) is 1.66. The molecule has 94 valence electrons. The number of nitrogens with one attached hydrogen (secondary N) is 1. The van der Waals surface area contributed by atoms with E-state index in [0.29, 0.717) is 5.56 Å². The fourth-order valence-electron chi connectivity index (χ4n) is 1.53. The number of aryl methyl sites for hydroxylation is 1. The van der Waals surface area contributed by atoms with Gasteiger partial charge >= 0.3 is 0 Å². The van der Waals surface area contributed by atoms with Gasteiger partial charge in [0, 0.05) is 18.8 Å². The number of rotatable bonds is 3. The zero-order valence-electron chi connectivity index (χ0n) is 9.67. The number of pyridine rings is 1. The second-order valence-corrected chi connectivity index (χ2v) is 3.95. The molecule has 0 aliphatic rings. The summed E-state index contributed by atoms with van der Waals surface area (Å²) < 4.78 is 39.6. The highest BCUT2D eigenvalue weighted by Crippen LogP contribution is 2.19. The molecule has 0 atom stereocenters. The van der Waals surface area contributed by atoms with Gasteiger partial charge in [-0.3, -0.25) is 4.98 Å². The third-order valence-corrected chi connectivity index (χ3v) is 2.49. The zero-order chi connectivity index (χ0) is 13.1. The highest BCUT2D eigenvalue weighted by atomic mass is 19.1. The molecule has 18 heavy (non-hydrogen) atoms. The van der Waals surface area contributed by atoms with Crippen molar-refractivity contribution in [3.8, 4) is 0 Å². The molecule has 2 nitrogen and oxygen atoms in total.